The summed E-state index contributed by atoms with van der Waals surface area (Å²) in [5.74, 6) is 1.40. The van der Waals surface area contributed by atoms with Crippen LogP contribution in [-0.2, 0) is 4.79 Å². The van der Waals surface area contributed by atoms with E-state index in [0.717, 1.165) is 5.56 Å². The summed E-state index contributed by atoms with van der Waals surface area (Å²) in [6, 6.07) is 5.60. The second-order valence-electron chi connectivity index (χ2n) is 6.45. The van der Waals surface area contributed by atoms with Gasteiger partial charge in [0.2, 0.25) is 0 Å². The van der Waals surface area contributed by atoms with Crippen molar-refractivity contribution in [3.8, 4) is 5.75 Å². The number of carbonyl (C=O) groups is 1. The van der Waals surface area contributed by atoms with E-state index in [9.17, 15) is 4.79 Å². The van der Waals surface area contributed by atoms with Crippen LogP contribution in [0.1, 0.15) is 46.6 Å². The van der Waals surface area contributed by atoms with Crippen molar-refractivity contribution in [1.29, 1.82) is 0 Å². The van der Waals surface area contributed by atoms with Crippen LogP contribution in [0.4, 0.5) is 0 Å². The predicted molar refractivity (Wildman–Crippen MR) is 92.5 cm³/mol. The molecule has 22 heavy (non-hydrogen) atoms. The third-order valence-electron chi connectivity index (χ3n) is 3.82. The minimum Gasteiger partial charge on any atom is -0.481 e. The zero-order valence-electron chi connectivity index (χ0n) is 14.4. The molecule has 0 radical (unpaired) electrons. The van der Waals surface area contributed by atoms with Crippen LogP contribution in [0.2, 0.25) is 5.02 Å². The average molecular weight is 326 g/mol. The lowest BCUT2D eigenvalue weighted by atomic mass is 9.93. The van der Waals surface area contributed by atoms with Crippen molar-refractivity contribution in [2.24, 2.45) is 11.8 Å². The largest absolute Gasteiger partial charge is 0.481 e. The SMILES string of the molecule is CC[C@@H](Oc1ccc(Cl)c(C)c1)C(=O)NC(C(C)C)C(C)C. The summed E-state index contributed by atoms with van der Waals surface area (Å²) in [6.45, 7) is 12.4. The van der Waals surface area contributed by atoms with E-state index in [1.807, 2.05) is 19.9 Å². The standard InChI is InChI=1S/C18H28ClNO2/c1-7-16(18(21)20-17(11(2)3)12(4)5)22-14-8-9-15(19)13(6)10-14/h8-12,16-17H,7H2,1-6H3,(H,20,21)/t16-/m1/s1. The Bertz CT molecular complexity index is 492. The van der Waals surface area contributed by atoms with E-state index in [1.54, 1.807) is 12.1 Å². The van der Waals surface area contributed by atoms with E-state index in [0.29, 0.717) is 29.0 Å². The number of carbonyl (C=O) groups excluding carboxylic acids is 1. The highest BCUT2D eigenvalue weighted by Gasteiger charge is 2.25. The highest BCUT2D eigenvalue weighted by Crippen LogP contribution is 2.22. The third kappa shape index (κ3) is 5.20. The number of halogens is 1. The van der Waals surface area contributed by atoms with Crippen molar-refractivity contribution < 1.29 is 9.53 Å². The second-order valence-corrected chi connectivity index (χ2v) is 6.86. The Hall–Kier alpha value is -1.22. The molecule has 0 fully saturated rings. The lowest BCUT2D eigenvalue weighted by Crippen LogP contribution is -2.48. The number of nitrogens with one attached hydrogen (secondary N) is 1. The van der Waals surface area contributed by atoms with Crippen molar-refractivity contribution in [1.82, 2.24) is 5.32 Å². The molecule has 0 spiro atoms. The normalized spacial score (nSPS) is 12.8. The molecule has 0 heterocycles. The molecule has 1 rings (SSSR count). The molecule has 1 N–H and O–H groups in total. The summed E-state index contributed by atoms with van der Waals surface area (Å²) >= 11 is 6.02. The van der Waals surface area contributed by atoms with E-state index in [4.69, 9.17) is 16.3 Å². The predicted octanol–water partition coefficient (Wildman–Crippen LogP) is 4.60. The number of rotatable bonds is 7. The Morgan fingerprint density at radius 2 is 1.82 bits per heavy atom. The topological polar surface area (TPSA) is 38.3 Å². The maximum absolute atomic E-state index is 12.5. The van der Waals surface area contributed by atoms with Gasteiger partial charge in [-0.2, -0.15) is 0 Å². The molecular weight excluding hydrogens is 298 g/mol. The van der Waals surface area contributed by atoms with Crippen LogP contribution in [0.15, 0.2) is 18.2 Å². The van der Waals surface area contributed by atoms with Crippen LogP contribution in [0.5, 0.6) is 5.75 Å². The molecule has 1 aromatic rings. The minimum atomic E-state index is -0.486. The molecule has 0 bridgehead atoms. The van der Waals surface area contributed by atoms with Gasteiger partial charge in [-0.3, -0.25) is 4.79 Å². The molecule has 0 aromatic heterocycles. The first-order chi connectivity index (χ1) is 10.3. The summed E-state index contributed by atoms with van der Waals surface area (Å²) in [4.78, 5) is 12.5. The Kier molecular flexibility index (Phi) is 7.21. The Morgan fingerprint density at radius 3 is 2.27 bits per heavy atom. The van der Waals surface area contributed by atoms with Gasteiger partial charge >= 0.3 is 0 Å². The van der Waals surface area contributed by atoms with E-state index in [-0.39, 0.29) is 11.9 Å². The molecule has 0 aliphatic heterocycles. The Balaban J connectivity index is 2.77. The minimum absolute atomic E-state index is 0.0532. The van der Waals surface area contributed by atoms with Crippen LogP contribution in [0.3, 0.4) is 0 Å². The number of benzene rings is 1. The van der Waals surface area contributed by atoms with E-state index < -0.39 is 6.10 Å². The van der Waals surface area contributed by atoms with Crippen LogP contribution in [-0.4, -0.2) is 18.1 Å². The number of ether oxygens (including phenoxy) is 1. The second kappa shape index (κ2) is 8.42. The highest BCUT2D eigenvalue weighted by atomic mass is 35.5. The molecule has 1 aromatic carbocycles. The molecular formula is C18H28ClNO2. The molecule has 1 atom stereocenters. The van der Waals surface area contributed by atoms with Gasteiger partial charge in [0.05, 0.1) is 0 Å². The first-order valence-electron chi connectivity index (χ1n) is 7.99. The van der Waals surface area contributed by atoms with Gasteiger partial charge in [-0.1, -0.05) is 46.2 Å². The summed E-state index contributed by atoms with van der Waals surface area (Å²) < 4.78 is 5.85. The average Bonchev–Trinajstić information content (AvgIpc) is 2.44. The van der Waals surface area contributed by atoms with Gasteiger partial charge < -0.3 is 10.1 Å². The summed E-state index contributed by atoms with van der Waals surface area (Å²) in [6.07, 6.45) is 0.136. The Labute approximate surface area is 139 Å². The van der Waals surface area contributed by atoms with Gasteiger partial charge in [0.1, 0.15) is 5.75 Å². The molecule has 0 saturated carbocycles. The highest BCUT2D eigenvalue weighted by molar-refractivity contribution is 6.31. The molecule has 0 aliphatic rings. The smallest absolute Gasteiger partial charge is 0.261 e. The summed E-state index contributed by atoms with van der Waals surface area (Å²) in [7, 11) is 0. The molecule has 0 aliphatic carbocycles. The summed E-state index contributed by atoms with van der Waals surface area (Å²) in [5.41, 5.74) is 0.941. The van der Waals surface area contributed by atoms with E-state index >= 15 is 0 Å². The van der Waals surface area contributed by atoms with Gasteiger partial charge in [0.25, 0.3) is 5.91 Å². The fraction of sp³-hybridized carbons (Fsp3) is 0.611. The number of hydrogen-bond acceptors (Lipinski definition) is 2. The van der Waals surface area contributed by atoms with Crippen LogP contribution in [0, 0.1) is 18.8 Å². The molecule has 4 heteroatoms. The monoisotopic (exact) mass is 325 g/mol. The molecule has 3 nitrogen and oxygen atoms in total. The fourth-order valence-electron chi connectivity index (χ4n) is 2.54. The summed E-state index contributed by atoms with van der Waals surface area (Å²) in [5, 5.41) is 3.82. The van der Waals surface area contributed by atoms with E-state index in [1.165, 1.54) is 0 Å². The van der Waals surface area contributed by atoms with Crippen molar-refractivity contribution >= 4 is 17.5 Å². The quantitative estimate of drug-likeness (QED) is 0.795. The van der Waals surface area contributed by atoms with Crippen molar-refractivity contribution in [2.45, 2.75) is 60.1 Å². The third-order valence-corrected chi connectivity index (χ3v) is 4.24. The number of aryl methyl sites for hydroxylation is 1. The van der Waals surface area contributed by atoms with Crippen LogP contribution < -0.4 is 10.1 Å². The lowest BCUT2D eigenvalue weighted by molar-refractivity contribution is -0.129. The van der Waals surface area contributed by atoms with Crippen molar-refractivity contribution in [2.75, 3.05) is 0 Å². The number of hydrogen-bond donors (Lipinski definition) is 1. The van der Waals surface area contributed by atoms with Gasteiger partial charge in [-0.05, 0) is 48.9 Å². The van der Waals surface area contributed by atoms with Crippen molar-refractivity contribution in [3.63, 3.8) is 0 Å². The van der Waals surface area contributed by atoms with E-state index in [2.05, 4.69) is 33.0 Å². The first-order valence-corrected chi connectivity index (χ1v) is 8.37. The Morgan fingerprint density at radius 1 is 1.23 bits per heavy atom. The van der Waals surface area contributed by atoms with Gasteiger partial charge in [0, 0.05) is 11.1 Å². The number of amides is 1. The molecule has 0 saturated heterocycles. The van der Waals surface area contributed by atoms with Crippen LogP contribution in [0.25, 0.3) is 0 Å². The fourth-order valence-corrected chi connectivity index (χ4v) is 2.65. The van der Waals surface area contributed by atoms with Gasteiger partial charge in [-0.15, -0.1) is 0 Å². The zero-order valence-corrected chi connectivity index (χ0v) is 15.2. The molecule has 0 unspecified atom stereocenters. The maximum Gasteiger partial charge on any atom is 0.261 e. The molecule has 1 amide bonds. The van der Waals surface area contributed by atoms with Crippen LogP contribution >= 0.6 is 11.6 Å². The van der Waals surface area contributed by atoms with Gasteiger partial charge in [0.15, 0.2) is 6.10 Å². The first kappa shape index (κ1) is 18.8. The maximum atomic E-state index is 12.5. The zero-order chi connectivity index (χ0) is 16.9. The lowest BCUT2D eigenvalue weighted by Gasteiger charge is -2.28. The van der Waals surface area contributed by atoms with Gasteiger partial charge in [-0.25, -0.2) is 0 Å². The molecule has 124 valence electrons. The van der Waals surface area contributed by atoms with Crippen molar-refractivity contribution in [3.05, 3.63) is 28.8 Å².